The van der Waals surface area contributed by atoms with E-state index in [9.17, 15) is 4.79 Å². The summed E-state index contributed by atoms with van der Waals surface area (Å²) in [7, 11) is 1.70. The van der Waals surface area contributed by atoms with Gasteiger partial charge in [-0.3, -0.25) is 0 Å². The number of carbonyl (C=O) groups is 1. The second-order valence-electron chi connectivity index (χ2n) is 4.61. The maximum Gasteiger partial charge on any atom is 0.410 e. The highest BCUT2D eigenvalue weighted by atomic mass is 16.6. The molecule has 1 unspecified atom stereocenters. The van der Waals surface area contributed by atoms with Crippen molar-refractivity contribution in [2.75, 3.05) is 13.6 Å². The maximum absolute atomic E-state index is 11.6. The van der Waals surface area contributed by atoms with Crippen LogP contribution in [-0.2, 0) is 4.74 Å². The third-order valence-electron chi connectivity index (χ3n) is 2.00. The Morgan fingerprint density at radius 3 is 2.47 bits per heavy atom. The van der Waals surface area contributed by atoms with Crippen LogP contribution in [0.4, 0.5) is 4.79 Å². The monoisotopic (exact) mass is 212 g/mol. The Morgan fingerprint density at radius 1 is 1.53 bits per heavy atom. The van der Waals surface area contributed by atoms with Gasteiger partial charge in [0.15, 0.2) is 0 Å². The normalized spacial score (nSPS) is 12.8. The molecule has 0 heterocycles. The summed E-state index contributed by atoms with van der Waals surface area (Å²) >= 11 is 0. The van der Waals surface area contributed by atoms with Gasteiger partial charge in [0.05, 0.1) is 0 Å². The molecule has 4 nitrogen and oxygen atoms in total. The van der Waals surface area contributed by atoms with Crippen LogP contribution < -0.4 is 0 Å². The van der Waals surface area contributed by atoms with Gasteiger partial charge < -0.3 is 14.5 Å². The Labute approximate surface area is 92.0 Å². The van der Waals surface area contributed by atoms with E-state index in [-0.39, 0.29) is 12.1 Å². The van der Waals surface area contributed by atoms with Crippen LogP contribution in [0, 0.1) is 6.57 Å². The first-order chi connectivity index (χ1) is 6.78. The first kappa shape index (κ1) is 13.8. The maximum atomic E-state index is 11.6. The fourth-order valence-electron chi connectivity index (χ4n) is 0.959. The molecule has 1 amide bonds. The number of hydrogen-bond acceptors (Lipinski definition) is 2. The first-order valence-electron chi connectivity index (χ1n) is 5.07. The summed E-state index contributed by atoms with van der Waals surface area (Å²) in [6.07, 6.45) is 0.346. The van der Waals surface area contributed by atoms with Crippen molar-refractivity contribution in [1.29, 1.82) is 0 Å². The molecule has 0 aromatic rings. The fourth-order valence-corrected chi connectivity index (χ4v) is 0.959. The predicted molar refractivity (Wildman–Crippen MR) is 59.5 cm³/mol. The van der Waals surface area contributed by atoms with Gasteiger partial charge in [-0.15, -0.1) is 0 Å². The van der Waals surface area contributed by atoms with Crippen LogP contribution >= 0.6 is 0 Å². The molecule has 0 aliphatic rings. The van der Waals surface area contributed by atoms with Crippen molar-refractivity contribution < 1.29 is 9.53 Å². The molecule has 0 bridgehead atoms. The van der Waals surface area contributed by atoms with Crippen LogP contribution in [0.15, 0.2) is 0 Å². The van der Waals surface area contributed by atoms with E-state index >= 15 is 0 Å². The number of amides is 1. The Bertz CT molecular complexity index is 250. The molecular formula is C11H20N2O2. The van der Waals surface area contributed by atoms with Crippen LogP contribution in [0.25, 0.3) is 4.85 Å². The number of ether oxygens (including phenoxy) is 1. The molecule has 0 rings (SSSR count). The van der Waals surface area contributed by atoms with Crippen molar-refractivity contribution >= 4 is 6.09 Å². The summed E-state index contributed by atoms with van der Waals surface area (Å²) in [4.78, 5) is 16.4. The van der Waals surface area contributed by atoms with E-state index in [0.29, 0.717) is 13.0 Å². The number of carbonyl (C=O) groups excluding carboxylic acids is 1. The van der Waals surface area contributed by atoms with Crippen LogP contribution in [0.3, 0.4) is 0 Å². The summed E-state index contributed by atoms with van der Waals surface area (Å²) in [6.45, 7) is 14.5. The highest BCUT2D eigenvalue weighted by Gasteiger charge is 2.22. The summed E-state index contributed by atoms with van der Waals surface area (Å²) in [5, 5.41) is 0. The van der Waals surface area contributed by atoms with E-state index in [1.165, 1.54) is 4.90 Å². The van der Waals surface area contributed by atoms with Crippen molar-refractivity contribution in [2.45, 2.75) is 45.8 Å². The van der Waals surface area contributed by atoms with Crippen molar-refractivity contribution in [3.63, 3.8) is 0 Å². The third kappa shape index (κ3) is 5.95. The second kappa shape index (κ2) is 5.59. The van der Waals surface area contributed by atoms with Crippen molar-refractivity contribution in [2.24, 2.45) is 0 Å². The number of nitrogens with zero attached hydrogens (tertiary/aromatic N) is 2. The number of hydrogen-bond donors (Lipinski definition) is 0. The lowest BCUT2D eigenvalue weighted by Gasteiger charge is -2.27. The topological polar surface area (TPSA) is 33.9 Å². The van der Waals surface area contributed by atoms with E-state index in [1.54, 1.807) is 7.05 Å². The van der Waals surface area contributed by atoms with E-state index in [2.05, 4.69) is 4.85 Å². The number of rotatable bonds is 3. The van der Waals surface area contributed by atoms with Gasteiger partial charge in [0.1, 0.15) is 5.60 Å². The van der Waals surface area contributed by atoms with Crippen LogP contribution in [0.2, 0.25) is 0 Å². The fraction of sp³-hybridized carbons (Fsp3) is 0.818. The Hall–Kier alpha value is -1.24. The summed E-state index contributed by atoms with van der Waals surface area (Å²) < 4.78 is 5.21. The lowest BCUT2D eigenvalue weighted by Crippen LogP contribution is -2.39. The Kier molecular flexibility index (Phi) is 5.13. The first-order valence-corrected chi connectivity index (χ1v) is 5.07. The Balaban J connectivity index is 4.15. The van der Waals surface area contributed by atoms with Gasteiger partial charge in [-0.25, -0.2) is 11.4 Å². The molecule has 4 heteroatoms. The molecule has 0 aromatic heterocycles. The standard InChI is InChI=1S/C11H20N2O2/c1-9(7-8-12-5)13(6)10(14)15-11(2,3)4/h9H,7-8H2,1-4,6H3. The minimum atomic E-state index is -0.467. The van der Waals surface area contributed by atoms with Crippen LogP contribution in [-0.4, -0.2) is 36.2 Å². The second-order valence-corrected chi connectivity index (χ2v) is 4.61. The zero-order valence-corrected chi connectivity index (χ0v) is 10.2. The van der Waals surface area contributed by atoms with Crippen molar-refractivity contribution in [1.82, 2.24) is 4.90 Å². The summed E-state index contributed by atoms with van der Waals surface area (Å²) in [5.74, 6) is 0. The molecule has 0 aliphatic heterocycles. The van der Waals surface area contributed by atoms with Gasteiger partial charge in [0, 0.05) is 19.5 Å². The predicted octanol–water partition coefficient (Wildman–Crippen LogP) is 2.55. The van der Waals surface area contributed by atoms with E-state index in [4.69, 9.17) is 11.3 Å². The third-order valence-corrected chi connectivity index (χ3v) is 2.00. The quantitative estimate of drug-likeness (QED) is 0.674. The molecule has 1 atom stereocenters. The molecule has 0 radical (unpaired) electrons. The molecule has 0 aliphatic carbocycles. The van der Waals surface area contributed by atoms with Gasteiger partial charge in [-0.05, 0) is 27.7 Å². The molecule has 0 fully saturated rings. The highest BCUT2D eigenvalue weighted by molar-refractivity contribution is 5.68. The summed E-state index contributed by atoms with van der Waals surface area (Å²) in [6, 6.07) is 0.0361. The van der Waals surface area contributed by atoms with Gasteiger partial charge in [-0.2, -0.15) is 0 Å². The van der Waals surface area contributed by atoms with Crippen LogP contribution in [0.5, 0.6) is 0 Å². The Morgan fingerprint density at radius 2 is 2.07 bits per heavy atom. The van der Waals surface area contributed by atoms with E-state index < -0.39 is 5.60 Å². The van der Waals surface area contributed by atoms with Crippen molar-refractivity contribution in [3.8, 4) is 0 Å². The molecule has 0 aromatic carbocycles. The summed E-state index contributed by atoms with van der Waals surface area (Å²) in [5.41, 5.74) is -0.467. The van der Waals surface area contributed by atoms with Crippen molar-refractivity contribution in [3.05, 3.63) is 11.4 Å². The van der Waals surface area contributed by atoms with Gasteiger partial charge in [0.2, 0.25) is 6.54 Å². The molecule has 0 saturated heterocycles. The van der Waals surface area contributed by atoms with Gasteiger partial charge in [0.25, 0.3) is 0 Å². The lowest BCUT2D eigenvalue weighted by atomic mass is 10.2. The largest absolute Gasteiger partial charge is 0.444 e. The van der Waals surface area contributed by atoms with Crippen LogP contribution in [0.1, 0.15) is 34.1 Å². The minimum absolute atomic E-state index is 0.0361. The lowest BCUT2D eigenvalue weighted by molar-refractivity contribution is 0.0232. The molecule has 15 heavy (non-hydrogen) atoms. The minimum Gasteiger partial charge on any atom is -0.444 e. The molecule has 0 saturated carbocycles. The molecule has 86 valence electrons. The van der Waals surface area contributed by atoms with E-state index in [1.807, 2.05) is 27.7 Å². The average Bonchev–Trinajstić information content (AvgIpc) is 2.10. The van der Waals surface area contributed by atoms with E-state index in [0.717, 1.165) is 0 Å². The zero-order valence-electron chi connectivity index (χ0n) is 10.2. The highest BCUT2D eigenvalue weighted by Crippen LogP contribution is 2.11. The molecular weight excluding hydrogens is 192 g/mol. The zero-order chi connectivity index (χ0) is 12.1. The van der Waals surface area contributed by atoms with Gasteiger partial charge >= 0.3 is 6.09 Å². The smallest absolute Gasteiger partial charge is 0.410 e. The SMILES string of the molecule is [C-]#[N+]CCC(C)N(C)C(=O)OC(C)(C)C. The average molecular weight is 212 g/mol. The molecule has 0 spiro atoms. The molecule has 0 N–H and O–H groups in total. The van der Waals surface area contributed by atoms with Gasteiger partial charge in [-0.1, -0.05) is 0 Å².